The van der Waals surface area contributed by atoms with E-state index in [1.54, 1.807) is 6.92 Å². The minimum Gasteiger partial charge on any atom is -0.304 e. The second-order valence-electron chi connectivity index (χ2n) is 6.61. The van der Waals surface area contributed by atoms with Crippen molar-refractivity contribution in [1.82, 2.24) is 4.31 Å². The Morgan fingerprint density at radius 1 is 1.25 bits per heavy atom. The fourth-order valence-corrected chi connectivity index (χ4v) is 5.90. The molecular formula is C16H24NO5PS. The molecule has 0 spiro atoms. The first-order valence-corrected chi connectivity index (χ1v) is 11.0. The van der Waals surface area contributed by atoms with Gasteiger partial charge in [-0.3, -0.25) is 8.87 Å². The van der Waals surface area contributed by atoms with Gasteiger partial charge in [-0.25, -0.2) is 8.42 Å². The predicted molar refractivity (Wildman–Crippen MR) is 93.9 cm³/mol. The summed E-state index contributed by atoms with van der Waals surface area (Å²) in [5.74, 6) is 0. The number of hydrogen-bond acceptors (Lipinski definition) is 5. The summed E-state index contributed by atoms with van der Waals surface area (Å²) < 4.78 is 49.8. The molecular weight excluding hydrogens is 349 g/mol. The van der Waals surface area contributed by atoms with Gasteiger partial charge < -0.3 is 9.05 Å². The lowest BCUT2D eigenvalue weighted by atomic mass is 9.97. The summed E-state index contributed by atoms with van der Waals surface area (Å²) in [4.78, 5) is 0. The molecule has 0 aliphatic carbocycles. The van der Waals surface area contributed by atoms with Gasteiger partial charge in [-0.2, -0.15) is 0 Å². The highest BCUT2D eigenvalue weighted by molar-refractivity contribution is 7.88. The third-order valence-corrected chi connectivity index (χ3v) is 6.87. The number of benzene rings is 1. The Bertz CT molecular complexity index is 744. The molecule has 0 aromatic heterocycles. The van der Waals surface area contributed by atoms with Crippen molar-refractivity contribution in [1.29, 1.82) is 0 Å². The topological polar surface area (TPSA) is 72.9 Å². The molecule has 0 saturated carbocycles. The maximum absolute atomic E-state index is 13.1. The van der Waals surface area contributed by atoms with Crippen molar-refractivity contribution in [2.24, 2.45) is 5.41 Å². The molecule has 1 aliphatic rings. The van der Waals surface area contributed by atoms with E-state index in [1.807, 2.05) is 44.2 Å². The van der Waals surface area contributed by atoms with Gasteiger partial charge in [0.25, 0.3) is 0 Å². The average Bonchev–Trinajstić information content (AvgIpc) is 2.51. The third-order valence-electron chi connectivity index (χ3n) is 3.61. The van der Waals surface area contributed by atoms with Crippen LogP contribution in [-0.2, 0) is 30.2 Å². The summed E-state index contributed by atoms with van der Waals surface area (Å²) in [6.45, 7) is 6.05. The Balaban J connectivity index is 2.35. The molecule has 0 N–H and O–H groups in total. The molecule has 1 aliphatic heterocycles. The SMILES string of the molecule is C/C=C(/N(Cc1ccccc1)S(C)(=O)=O)P1(=O)OCC(C)(C)CO1. The van der Waals surface area contributed by atoms with Crippen LogP contribution in [-0.4, -0.2) is 32.2 Å². The van der Waals surface area contributed by atoms with E-state index >= 15 is 0 Å². The monoisotopic (exact) mass is 373 g/mol. The van der Waals surface area contributed by atoms with Gasteiger partial charge in [0.1, 0.15) is 5.44 Å². The van der Waals surface area contributed by atoms with Crippen LogP contribution in [0.25, 0.3) is 0 Å². The standard InChI is InChI=1S/C16H24NO5PS/c1-5-15(23(18)21-12-16(2,3)13-22-23)17(24(4,19)20)11-14-9-7-6-8-10-14/h5-10H,11-13H2,1-4H3/b15-5-. The van der Waals surface area contributed by atoms with Crippen molar-refractivity contribution < 1.29 is 22.0 Å². The van der Waals surface area contributed by atoms with Gasteiger partial charge in [-0.15, -0.1) is 0 Å². The van der Waals surface area contributed by atoms with Crippen molar-refractivity contribution in [3.8, 4) is 0 Å². The van der Waals surface area contributed by atoms with Crippen LogP contribution in [0.3, 0.4) is 0 Å². The van der Waals surface area contributed by atoms with Gasteiger partial charge in [-0.1, -0.05) is 50.3 Å². The van der Waals surface area contributed by atoms with Crippen molar-refractivity contribution in [2.45, 2.75) is 27.3 Å². The molecule has 6 nitrogen and oxygen atoms in total. The number of sulfonamides is 1. The molecule has 2 rings (SSSR count). The van der Waals surface area contributed by atoms with Gasteiger partial charge in [0.2, 0.25) is 10.0 Å². The van der Waals surface area contributed by atoms with Crippen LogP contribution in [0.4, 0.5) is 0 Å². The van der Waals surface area contributed by atoms with E-state index < -0.39 is 17.6 Å². The molecule has 24 heavy (non-hydrogen) atoms. The first-order valence-electron chi connectivity index (χ1n) is 7.65. The van der Waals surface area contributed by atoms with Crippen LogP contribution in [0, 0.1) is 5.41 Å². The molecule has 1 fully saturated rings. The molecule has 0 amide bonds. The lowest BCUT2D eigenvalue weighted by Crippen LogP contribution is -2.34. The fourth-order valence-electron chi connectivity index (χ4n) is 2.29. The molecule has 0 unspecified atom stereocenters. The van der Waals surface area contributed by atoms with Crippen molar-refractivity contribution in [3.63, 3.8) is 0 Å². The van der Waals surface area contributed by atoms with Gasteiger partial charge in [0.05, 0.1) is 26.0 Å². The molecule has 1 aromatic rings. The molecule has 8 heteroatoms. The molecule has 134 valence electrons. The van der Waals surface area contributed by atoms with Gasteiger partial charge in [-0.05, 0) is 12.5 Å². The van der Waals surface area contributed by atoms with Gasteiger partial charge >= 0.3 is 7.60 Å². The van der Waals surface area contributed by atoms with E-state index in [9.17, 15) is 13.0 Å². The lowest BCUT2D eigenvalue weighted by molar-refractivity contribution is 0.0426. The molecule has 0 atom stereocenters. The zero-order chi connectivity index (χ0) is 18.0. The average molecular weight is 373 g/mol. The van der Waals surface area contributed by atoms with Crippen LogP contribution < -0.4 is 0 Å². The van der Waals surface area contributed by atoms with Crippen LogP contribution in [0.2, 0.25) is 0 Å². The quantitative estimate of drug-likeness (QED) is 0.738. The van der Waals surface area contributed by atoms with E-state index in [0.717, 1.165) is 16.1 Å². The van der Waals surface area contributed by atoms with E-state index in [4.69, 9.17) is 9.05 Å². The minimum absolute atomic E-state index is 0.0596. The Labute approximate surface area is 144 Å². The summed E-state index contributed by atoms with van der Waals surface area (Å²) >= 11 is 0. The molecule has 1 saturated heterocycles. The highest BCUT2D eigenvalue weighted by Gasteiger charge is 2.43. The zero-order valence-corrected chi connectivity index (χ0v) is 16.1. The van der Waals surface area contributed by atoms with Crippen LogP contribution in [0.1, 0.15) is 26.3 Å². The van der Waals surface area contributed by atoms with Crippen molar-refractivity contribution in [3.05, 3.63) is 47.4 Å². The highest BCUT2D eigenvalue weighted by atomic mass is 32.2. The number of hydrogen-bond donors (Lipinski definition) is 0. The first kappa shape index (κ1) is 19.2. The Morgan fingerprint density at radius 3 is 2.25 bits per heavy atom. The predicted octanol–water partition coefficient (Wildman–Crippen LogP) is 3.58. The molecule has 0 radical (unpaired) electrons. The zero-order valence-electron chi connectivity index (χ0n) is 14.4. The summed E-state index contributed by atoms with van der Waals surface area (Å²) in [5, 5.41) is 0. The van der Waals surface area contributed by atoms with Crippen molar-refractivity contribution >= 4 is 17.6 Å². The Kier molecular flexibility index (Phi) is 5.60. The number of allylic oxidation sites excluding steroid dienone is 1. The molecule has 1 aromatic carbocycles. The lowest BCUT2D eigenvalue weighted by Gasteiger charge is -2.37. The Hall–Kier alpha value is -1.14. The Morgan fingerprint density at radius 2 is 1.79 bits per heavy atom. The second-order valence-corrected chi connectivity index (χ2v) is 10.5. The minimum atomic E-state index is -3.69. The third kappa shape index (κ3) is 4.48. The van der Waals surface area contributed by atoms with E-state index in [2.05, 4.69) is 0 Å². The summed E-state index contributed by atoms with van der Waals surface area (Å²) in [6, 6.07) is 9.12. The van der Waals surface area contributed by atoms with E-state index in [0.29, 0.717) is 0 Å². The van der Waals surface area contributed by atoms with E-state index in [1.165, 1.54) is 6.08 Å². The fraction of sp³-hybridized carbons (Fsp3) is 0.500. The molecule has 1 heterocycles. The maximum Gasteiger partial charge on any atom is 0.377 e. The van der Waals surface area contributed by atoms with Gasteiger partial charge in [0.15, 0.2) is 0 Å². The van der Waals surface area contributed by atoms with Crippen LogP contribution >= 0.6 is 7.60 Å². The largest absolute Gasteiger partial charge is 0.377 e. The summed E-state index contributed by atoms with van der Waals surface area (Å²) in [6.07, 6.45) is 2.57. The second kappa shape index (κ2) is 7.00. The van der Waals surface area contributed by atoms with E-state index in [-0.39, 0.29) is 30.6 Å². The van der Waals surface area contributed by atoms with Crippen molar-refractivity contribution in [2.75, 3.05) is 19.5 Å². The summed E-state index contributed by atoms with van der Waals surface area (Å²) in [5.41, 5.74) is 0.581. The summed E-state index contributed by atoms with van der Waals surface area (Å²) in [7, 11) is -7.34. The number of rotatable bonds is 5. The normalized spacial score (nSPS) is 20.6. The van der Waals surface area contributed by atoms with Crippen LogP contribution in [0.5, 0.6) is 0 Å². The first-order chi connectivity index (χ1) is 11.1. The highest BCUT2D eigenvalue weighted by Crippen LogP contribution is 2.61. The smallest absolute Gasteiger partial charge is 0.304 e. The maximum atomic E-state index is 13.1. The van der Waals surface area contributed by atoms with Crippen LogP contribution in [0.15, 0.2) is 41.8 Å². The molecule has 0 bridgehead atoms. The van der Waals surface area contributed by atoms with Gasteiger partial charge in [0, 0.05) is 5.41 Å². The number of nitrogens with zero attached hydrogens (tertiary/aromatic N) is 1.